The second kappa shape index (κ2) is 6.09. The summed E-state index contributed by atoms with van der Waals surface area (Å²) in [5.74, 6) is 0.0283. The van der Waals surface area contributed by atoms with Gasteiger partial charge in [-0.15, -0.1) is 0 Å². The van der Waals surface area contributed by atoms with Crippen LogP contribution in [0.25, 0.3) is 11.3 Å². The molecule has 0 unspecified atom stereocenters. The van der Waals surface area contributed by atoms with Crippen molar-refractivity contribution in [2.24, 2.45) is 0 Å². The van der Waals surface area contributed by atoms with Gasteiger partial charge in [-0.25, -0.2) is 0 Å². The van der Waals surface area contributed by atoms with Crippen molar-refractivity contribution in [3.8, 4) is 17.2 Å². The molecule has 0 saturated carbocycles. The topological polar surface area (TPSA) is 89.6 Å². The summed E-state index contributed by atoms with van der Waals surface area (Å²) in [5, 5.41) is 3.34. The van der Waals surface area contributed by atoms with Gasteiger partial charge in [0.1, 0.15) is 0 Å². The quantitative estimate of drug-likeness (QED) is 0.670. The summed E-state index contributed by atoms with van der Waals surface area (Å²) in [4.78, 5) is 0. The Labute approximate surface area is 140 Å². The summed E-state index contributed by atoms with van der Waals surface area (Å²) in [7, 11) is -4.57. The van der Waals surface area contributed by atoms with Gasteiger partial charge in [0.15, 0.2) is 5.76 Å². The van der Waals surface area contributed by atoms with E-state index >= 15 is 0 Å². The van der Waals surface area contributed by atoms with Gasteiger partial charge in [-0.1, -0.05) is 30.3 Å². The Morgan fingerprint density at radius 3 is 2.47 bits per heavy atom. The number of rotatable bonds is 3. The zero-order valence-corrected chi connectivity index (χ0v) is 12.8. The van der Waals surface area contributed by atoms with Gasteiger partial charge >= 0.3 is 10.4 Å². The summed E-state index contributed by atoms with van der Waals surface area (Å²) in [6.45, 7) is 0. The SMILES string of the molecule is O=S(=O)(O)Oc1cc(-c2ccccc2)on1.[K]. The molecule has 0 amide bonds. The van der Waals surface area contributed by atoms with E-state index in [2.05, 4.69) is 9.34 Å². The second-order valence-corrected chi connectivity index (χ2v) is 3.93. The maximum Gasteiger partial charge on any atom is 0.448 e. The fourth-order valence-corrected chi connectivity index (χ4v) is 1.44. The molecule has 2 rings (SSSR count). The molecule has 85 valence electrons. The van der Waals surface area contributed by atoms with Crippen LogP contribution in [0, 0.1) is 0 Å². The minimum atomic E-state index is -4.57. The monoisotopic (exact) mass is 280 g/mol. The van der Waals surface area contributed by atoms with E-state index in [9.17, 15) is 8.42 Å². The van der Waals surface area contributed by atoms with E-state index in [1.54, 1.807) is 24.3 Å². The molecule has 8 heteroatoms. The van der Waals surface area contributed by atoms with Crippen molar-refractivity contribution in [3.63, 3.8) is 0 Å². The first-order chi connectivity index (χ1) is 7.54. The minimum absolute atomic E-state index is 0. The number of hydrogen-bond acceptors (Lipinski definition) is 5. The van der Waals surface area contributed by atoms with Crippen LogP contribution in [0.1, 0.15) is 0 Å². The predicted molar refractivity (Wildman–Crippen MR) is 59.9 cm³/mol. The van der Waals surface area contributed by atoms with E-state index in [-0.39, 0.29) is 57.3 Å². The van der Waals surface area contributed by atoms with E-state index < -0.39 is 10.4 Å². The fourth-order valence-electron chi connectivity index (χ4n) is 1.14. The summed E-state index contributed by atoms with van der Waals surface area (Å²) in [6.07, 6.45) is 0. The third-order valence-corrected chi connectivity index (χ3v) is 2.12. The van der Waals surface area contributed by atoms with Gasteiger partial charge in [0.2, 0.25) is 0 Å². The smallest absolute Gasteiger partial charge is 0.352 e. The normalized spacial score (nSPS) is 10.6. The van der Waals surface area contributed by atoms with Gasteiger partial charge in [-0.05, 0) is 5.16 Å². The average molecular weight is 280 g/mol. The molecule has 0 aliphatic heterocycles. The molecule has 1 radical (unpaired) electrons. The number of nitrogens with zero attached hydrogens (tertiary/aromatic N) is 1. The van der Waals surface area contributed by atoms with E-state index in [1.165, 1.54) is 6.07 Å². The Morgan fingerprint density at radius 2 is 1.88 bits per heavy atom. The Balaban J connectivity index is 0.00000144. The molecule has 0 fully saturated rings. The number of hydrogen-bond donors (Lipinski definition) is 1. The number of benzene rings is 1. The molecule has 1 heterocycles. The molecular weight excluding hydrogens is 273 g/mol. The van der Waals surface area contributed by atoms with Crippen LogP contribution < -0.4 is 4.18 Å². The first kappa shape index (κ1) is 14.8. The van der Waals surface area contributed by atoms with Crippen LogP contribution in [-0.4, -0.2) is 69.5 Å². The molecule has 2 aromatic rings. The number of aromatic nitrogens is 1. The van der Waals surface area contributed by atoms with Gasteiger partial charge in [-0.2, -0.15) is 8.42 Å². The third kappa shape index (κ3) is 4.51. The van der Waals surface area contributed by atoms with E-state index in [4.69, 9.17) is 9.08 Å². The Morgan fingerprint density at radius 1 is 1.24 bits per heavy atom. The third-order valence-electron chi connectivity index (χ3n) is 1.74. The largest absolute Gasteiger partial charge is 0.448 e. The fraction of sp³-hybridized carbons (Fsp3) is 0. The summed E-state index contributed by atoms with van der Waals surface area (Å²) < 4.78 is 38.2. The molecule has 0 aliphatic carbocycles. The van der Waals surface area contributed by atoms with Crippen molar-refractivity contribution in [2.45, 2.75) is 0 Å². The van der Waals surface area contributed by atoms with Gasteiger partial charge in [-0.3, -0.25) is 4.55 Å². The molecule has 0 saturated heterocycles. The Kier molecular flexibility index (Phi) is 5.32. The molecule has 6 nitrogen and oxygen atoms in total. The first-order valence-electron chi connectivity index (χ1n) is 4.24. The van der Waals surface area contributed by atoms with Gasteiger partial charge in [0.05, 0.1) is 6.07 Å². The maximum atomic E-state index is 10.4. The standard InChI is InChI=1S/C9H7NO5S.K/c11-16(12,13)15-9-6-8(14-10-9)7-4-2-1-3-5-7;/h1-6H,(H,11,12,13);. The maximum absolute atomic E-state index is 10.4. The molecule has 1 N–H and O–H groups in total. The minimum Gasteiger partial charge on any atom is -0.352 e. The van der Waals surface area contributed by atoms with Gasteiger partial charge < -0.3 is 8.71 Å². The molecule has 0 atom stereocenters. The first-order valence-corrected chi connectivity index (χ1v) is 5.60. The van der Waals surface area contributed by atoms with Crippen molar-refractivity contribution in [1.29, 1.82) is 0 Å². The van der Waals surface area contributed by atoms with E-state index in [1.807, 2.05) is 6.07 Å². The Bertz CT molecular complexity index is 580. The van der Waals surface area contributed by atoms with E-state index in [0.29, 0.717) is 5.76 Å². The second-order valence-electron chi connectivity index (χ2n) is 2.91. The molecule has 0 spiro atoms. The summed E-state index contributed by atoms with van der Waals surface area (Å²) in [5.41, 5.74) is 0.722. The average Bonchev–Trinajstić information content (AvgIpc) is 2.65. The van der Waals surface area contributed by atoms with Crippen molar-refractivity contribution in [3.05, 3.63) is 36.4 Å². The molecular formula is C9H7KNO5S. The van der Waals surface area contributed by atoms with Crippen molar-refractivity contribution in [2.75, 3.05) is 0 Å². The molecule has 0 aliphatic rings. The van der Waals surface area contributed by atoms with Crippen LogP contribution in [0.2, 0.25) is 0 Å². The van der Waals surface area contributed by atoms with Crippen LogP contribution in [0.4, 0.5) is 0 Å². The van der Waals surface area contributed by atoms with Crippen molar-refractivity contribution >= 4 is 61.8 Å². The zero-order chi connectivity index (χ0) is 11.6. The summed E-state index contributed by atoms with van der Waals surface area (Å²) in [6, 6.07) is 10.2. The molecule has 1 aromatic heterocycles. The molecule has 1 aromatic carbocycles. The Hall–Kier alpha value is -0.224. The zero-order valence-electron chi connectivity index (χ0n) is 8.90. The summed E-state index contributed by atoms with van der Waals surface area (Å²) >= 11 is 0. The van der Waals surface area contributed by atoms with Crippen LogP contribution in [-0.2, 0) is 10.4 Å². The van der Waals surface area contributed by atoms with Crippen LogP contribution in [0.5, 0.6) is 5.88 Å². The predicted octanol–water partition coefficient (Wildman–Crippen LogP) is 1.14. The van der Waals surface area contributed by atoms with Gasteiger partial charge in [0, 0.05) is 56.9 Å². The van der Waals surface area contributed by atoms with Crippen molar-refractivity contribution < 1.29 is 21.7 Å². The van der Waals surface area contributed by atoms with E-state index in [0.717, 1.165) is 5.56 Å². The molecule has 17 heavy (non-hydrogen) atoms. The van der Waals surface area contributed by atoms with Crippen molar-refractivity contribution in [1.82, 2.24) is 5.16 Å². The van der Waals surface area contributed by atoms with Crippen LogP contribution >= 0.6 is 0 Å². The van der Waals surface area contributed by atoms with Gasteiger partial charge in [0.25, 0.3) is 5.88 Å². The molecule has 0 bridgehead atoms. The van der Waals surface area contributed by atoms with Crippen LogP contribution in [0.15, 0.2) is 40.9 Å². The van der Waals surface area contributed by atoms with Crippen LogP contribution in [0.3, 0.4) is 0 Å².